The molecule has 4 nitrogen and oxygen atoms in total. The molecule has 0 amide bonds. The minimum Gasteiger partial charge on any atom is -0.399 e. The van der Waals surface area contributed by atoms with Crippen LogP contribution in [0.5, 0.6) is 0 Å². The number of hydrogen-bond donors (Lipinski definition) is 2. The maximum absolute atomic E-state index is 12.4. The average molecular weight is 325 g/mol. The van der Waals surface area contributed by atoms with Crippen LogP contribution in [0, 0.1) is 13.8 Å². The highest BCUT2D eigenvalue weighted by Crippen LogP contribution is 2.22. The first-order valence-corrected chi connectivity index (χ1v) is 8.26. The maximum Gasteiger partial charge on any atom is 0.241 e. The number of rotatable bonds is 4. The molecule has 0 aromatic heterocycles. The van der Waals surface area contributed by atoms with E-state index in [0.29, 0.717) is 16.3 Å². The van der Waals surface area contributed by atoms with Gasteiger partial charge < -0.3 is 5.73 Å². The molecule has 3 N–H and O–H groups in total. The van der Waals surface area contributed by atoms with E-state index in [4.69, 9.17) is 17.3 Å². The monoisotopic (exact) mass is 324 g/mol. The molecule has 0 saturated heterocycles. The third kappa shape index (κ3) is 3.75. The zero-order valence-electron chi connectivity index (χ0n) is 11.9. The summed E-state index contributed by atoms with van der Waals surface area (Å²) in [6, 6.07) is 10.2. The standard InChI is InChI=1S/C15H17ClN2O2S/c1-10-7-14(17)8-15(11(10)2)21(19,20)18-9-12-3-5-13(16)6-4-12/h3-8,18H,9,17H2,1-2H3. The predicted molar refractivity (Wildman–Crippen MR) is 85.8 cm³/mol. The van der Waals surface area contributed by atoms with Crippen molar-refractivity contribution >= 4 is 27.3 Å². The van der Waals surface area contributed by atoms with Gasteiger partial charge in [-0.2, -0.15) is 0 Å². The number of sulfonamides is 1. The van der Waals surface area contributed by atoms with Gasteiger partial charge in [-0.25, -0.2) is 13.1 Å². The Bertz CT molecular complexity index is 756. The first kappa shape index (κ1) is 15.8. The number of benzene rings is 2. The van der Waals surface area contributed by atoms with Crippen molar-refractivity contribution in [2.45, 2.75) is 25.3 Å². The molecule has 0 heterocycles. The fraction of sp³-hybridized carbons (Fsp3) is 0.200. The van der Waals surface area contributed by atoms with Gasteiger partial charge in [0.1, 0.15) is 0 Å². The van der Waals surface area contributed by atoms with Crippen molar-refractivity contribution in [3.63, 3.8) is 0 Å². The molecule has 0 aliphatic heterocycles. The van der Waals surface area contributed by atoms with Crippen molar-refractivity contribution in [1.29, 1.82) is 0 Å². The molecule has 6 heteroatoms. The van der Waals surface area contributed by atoms with E-state index in [1.54, 1.807) is 37.3 Å². The summed E-state index contributed by atoms with van der Waals surface area (Å²) < 4.78 is 27.4. The Balaban J connectivity index is 2.25. The van der Waals surface area contributed by atoms with Crippen LogP contribution in [0.4, 0.5) is 5.69 Å². The highest BCUT2D eigenvalue weighted by molar-refractivity contribution is 7.89. The molecule has 0 aliphatic carbocycles. The summed E-state index contributed by atoms with van der Waals surface area (Å²) in [5, 5.41) is 0.615. The summed E-state index contributed by atoms with van der Waals surface area (Å²) in [4.78, 5) is 0.217. The lowest BCUT2D eigenvalue weighted by Crippen LogP contribution is -2.24. The number of aryl methyl sites for hydroxylation is 1. The van der Waals surface area contributed by atoms with Crippen LogP contribution in [0.3, 0.4) is 0 Å². The molecule has 0 radical (unpaired) electrons. The van der Waals surface area contributed by atoms with Gasteiger partial charge >= 0.3 is 0 Å². The number of nitrogen functional groups attached to an aromatic ring is 1. The summed E-state index contributed by atoms with van der Waals surface area (Å²) in [6.45, 7) is 3.81. The number of nitrogens with one attached hydrogen (secondary N) is 1. The normalized spacial score (nSPS) is 11.6. The molecule has 0 aliphatic rings. The van der Waals surface area contributed by atoms with E-state index in [-0.39, 0.29) is 11.4 Å². The van der Waals surface area contributed by atoms with Gasteiger partial charge in [0, 0.05) is 17.3 Å². The zero-order valence-corrected chi connectivity index (χ0v) is 13.4. The van der Waals surface area contributed by atoms with E-state index in [9.17, 15) is 8.42 Å². The first-order valence-electron chi connectivity index (χ1n) is 6.40. The van der Waals surface area contributed by atoms with Crippen LogP contribution in [0.2, 0.25) is 5.02 Å². The topological polar surface area (TPSA) is 72.2 Å². The second-order valence-electron chi connectivity index (χ2n) is 4.91. The number of hydrogen-bond acceptors (Lipinski definition) is 3. The van der Waals surface area contributed by atoms with Crippen molar-refractivity contribution < 1.29 is 8.42 Å². The highest BCUT2D eigenvalue weighted by Gasteiger charge is 2.18. The third-order valence-corrected chi connectivity index (χ3v) is 5.09. The van der Waals surface area contributed by atoms with Crippen LogP contribution in [-0.2, 0) is 16.6 Å². The maximum atomic E-state index is 12.4. The SMILES string of the molecule is Cc1cc(N)cc(S(=O)(=O)NCc2ccc(Cl)cc2)c1C. The molecule has 2 aromatic carbocycles. The van der Waals surface area contributed by atoms with Crippen LogP contribution >= 0.6 is 11.6 Å². The molecule has 112 valence electrons. The molecule has 2 rings (SSSR count). The molecule has 0 saturated carbocycles. The first-order chi connectivity index (χ1) is 9.79. The van der Waals surface area contributed by atoms with Crippen molar-refractivity contribution in [2.75, 3.05) is 5.73 Å². The average Bonchev–Trinajstić information content (AvgIpc) is 2.42. The Morgan fingerprint density at radius 3 is 2.38 bits per heavy atom. The minimum atomic E-state index is -3.61. The molecule has 0 bridgehead atoms. The van der Waals surface area contributed by atoms with Crippen LogP contribution in [-0.4, -0.2) is 8.42 Å². The molecule has 2 aromatic rings. The van der Waals surface area contributed by atoms with Crippen LogP contribution < -0.4 is 10.5 Å². The third-order valence-electron chi connectivity index (χ3n) is 3.31. The summed E-state index contributed by atoms with van der Waals surface area (Å²) >= 11 is 5.80. The van der Waals surface area contributed by atoms with Gasteiger partial charge in [0.15, 0.2) is 0 Å². The van der Waals surface area contributed by atoms with Gasteiger partial charge in [-0.05, 0) is 54.8 Å². The Labute approximate surface area is 130 Å². The van der Waals surface area contributed by atoms with E-state index in [1.807, 2.05) is 6.92 Å². The quantitative estimate of drug-likeness (QED) is 0.849. The van der Waals surface area contributed by atoms with Gasteiger partial charge in [0.2, 0.25) is 10.0 Å². The predicted octanol–water partition coefficient (Wildman–Crippen LogP) is 3.02. The summed E-state index contributed by atoms with van der Waals surface area (Å²) in [6.07, 6.45) is 0. The highest BCUT2D eigenvalue weighted by atomic mass is 35.5. The molecule has 0 atom stereocenters. The van der Waals surface area contributed by atoms with Crippen molar-refractivity contribution in [1.82, 2.24) is 4.72 Å². The summed E-state index contributed by atoms with van der Waals surface area (Å²) in [5.41, 5.74) is 8.56. The molecule has 0 unspecified atom stereocenters. The van der Waals surface area contributed by atoms with Crippen molar-refractivity contribution in [2.24, 2.45) is 0 Å². The Morgan fingerprint density at radius 2 is 1.76 bits per heavy atom. The van der Waals surface area contributed by atoms with Crippen LogP contribution in [0.1, 0.15) is 16.7 Å². The largest absolute Gasteiger partial charge is 0.399 e. The van der Waals surface area contributed by atoms with Gasteiger partial charge in [-0.3, -0.25) is 0 Å². The van der Waals surface area contributed by atoms with E-state index >= 15 is 0 Å². The summed E-state index contributed by atoms with van der Waals surface area (Å²) in [7, 11) is -3.61. The Hall–Kier alpha value is -1.56. The van der Waals surface area contributed by atoms with Crippen LogP contribution in [0.15, 0.2) is 41.3 Å². The minimum absolute atomic E-state index is 0.201. The lowest BCUT2D eigenvalue weighted by Gasteiger charge is -2.12. The Morgan fingerprint density at radius 1 is 1.14 bits per heavy atom. The van der Waals surface area contributed by atoms with Gasteiger partial charge in [-0.1, -0.05) is 23.7 Å². The molecule has 0 spiro atoms. The second-order valence-corrected chi connectivity index (χ2v) is 7.08. The molecular weight excluding hydrogens is 308 g/mol. The van der Waals surface area contributed by atoms with Crippen molar-refractivity contribution in [3.8, 4) is 0 Å². The fourth-order valence-corrected chi connectivity index (χ4v) is 3.48. The number of nitrogens with two attached hydrogens (primary N) is 1. The summed E-state index contributed by atoms with van der Waals surface area (Å²) in [5.74, 6) is 0. The lowest BCUT2D eigenvalue weighted by molar-refractivity contribution is 0.580. The van der Waals surface area contributed by atoms with Crippen molar-refractivity contribution in [3.05, 3.63) is 58.1 Å². The van der Waals surface area contributed by atoms with Gasteiger partial charge in [0.25, 0.3) is 0 Å². The van der Waals surface area contributed by atoms with E-state index < -0.39 is 10.0 Å². The zero-order chi connectivity index (χ0) is 15.6. The van der Waals surface area contributed by atoms with Crippen LogP contribution in [0.25, 0.3) is 0 Å². The molecule has 21 heavy (non-hydrogen) atoms. The lowest BCUT2D eigenvalue weighted by atomic mass is 10.1. The number of halogens is 1. The van der Waals surface area contributed by atoms with Gasteiger partial charge in [-0.15, -0.1) is 0 Å². The fourth-order valence-electron chi connectivity index (χ4n) is 1.99. The van der Waals surface area contributed by atoms with Gasteiger partial charge in [0.05, 0.1) is 4.90 Å². The smallest absolute Gasteiger partial charge is 0.241 e. The molecular formula is C15H17ClN2O2S. The second kappa shape index (κ2) is 6.05. The van der Waals surface area contributed by atoms with E-state index in [2.05, 4.69) is 4.72 Å². The van der Waals surface area contributed by atoms with E-state index in [1.165, 1.54) is 6.07 Å². The van der Waals surface area contributed by atoms with E-state index in [0.717, 1.165) is 11.1 Å². The Kier molecular flexibility index (Phi) is 4.56. The number of anilines is 1. The molecule has 0 fully saturated rings.